The standard InChI is InChI=1S/C23H23F2N5O4/c1-12-8-17(33-11-14-15(24)6-5-7-16(14)25)20-26-13(2)19(30(20)10-12)21-27-18(29-34-21)9-23(3,4)28-22(31)32/h5-8,10,28H,9,11H2,1-4H3,(H,31,32). The fourth-order valence-corrected chi connectivity index (χ4v) is 3.69. The van der Waals surface area contributed by atoms with Gasteiger partial charge in [-0.3, -0.25) is 4.40 Å². The van der Waals surface area contributed by atoms with Crippen LogP contribution in [0.15, 0.2) is 35.0 Å². The van der Waals surface area contributed by atoms with Crippen LogP contribution in [0.4, 0.5) is 13.6 Å². The van der Waals surface area contributed by atoms with Gasteiger partial charge in [0.25, 0.3) is 5.89 Å². The number of rotatable bonds is 7. The number of hydrogen-bond donors (Lipinski definition) is 2. The van der Waals surface area contributed by atoms with Gasteiger partial charge < -0.3 is 19.7 Å². The molecule has 0 bridgehead atoms. The minimum Gasteiger partial charge on any atom is -0.485 e. The Balaban J connectivity index is 1.67. The molecule has 3 aromatic heterocycles. The Hall–Kier alpha value is -4.02. The summed E-state index contributed by atoms with van der Waals surface area (Å²) in [5.74, 6) is -0.529. The minimum absolute atomic E-state index is 0.176. The van der Waals surface area contributed by atoms with E-state index in [-0.39, 0.29) is 24.5 Å². The van der Waals surface area contributed by atoms with Gasteiger partial charge in [0, 0.05) is 18.2 Å². The molecule has 4 rings (SSSR count). The van der Waals surface area contributed by atoms with E-state index in [1.165, 1.54) is 18.2 Å². The smallest absolute Gasteiger partial charge is 0.405 e. The lowest BCUT2D eigenvalue weighted by atomic mass is 10.0. The number of benzene rings is 1. The molecule has 34 heavy (non-hydrogen) atoms. The van der Waals surface area contributed by atoms with Gasteiger partial charge in [-0.2, -0.15) is 4.98 Å². The second-order valence-electron chi connectivity index (χ2n) is 8.62. The molecule has 3 heterocycles. The van der Waals surface area contributed by atoms with Crippen molar-refractivity contribution >= 4 is 11.7 Å². The number of carbonyl (C=O) groups is 1. The number of aromatic nitrogens is 4. The molecule has 0 saturated heterocycles. The van der Waals surface area contributed by atoms with Crippen molar-refractivity contribution in [3.8, 4) is 17.3 Å². The van der Waals surface area contributed by atoms with E-state index >= 15 is 0 Å². The molecule has 4 aromatic rings. The van der Waals surface area contributed by atoms with Crippen LogP contribution in [-0.4, -0.2) is 36.3 Å². The first kappa shape index (κ1) is 23.1. The third-order valence-corrected chi connectivity index (χ3v) is 5.15. The van der Waals surface area contributed by atoms with Crippen molar-refractivity contribution in [1.29, 1.82) is 0 Å². The van der Waals surface area contributed by atoms with Gasteiger partial charge in [0.05, 0.1) is 11.3 Å². The van der Waals surface area contributed by atoms with Crippen molar-refractivity contribution in [3.63, 3.8) is 0 Å². The van der Waals surface area contributed by atoms with Crippen LogP contribution in [0.2, 0.25) is 0 Å². The molecule has 9 nitrogen and oxygen atoms in total. The van der Waals surface area contributed by atoms with Gasteiger partial charge in [-0.1, -0.05) is 11.2 Å². The second-order valence-corrected chi connectivity index (χ2v) is 8.62. The third kappa shape index (κ3) is 4.68. The number of nitrogens with zero attached hydrogens (tertiary/aromatic N) is 4. The van der Waals surface area contributed by atoms with Crippen LogP contribution in [0, 0.1) is 25.5 Å². The predicted octanol–water partition coefficient (Wildman–Crippen LogP) is 4.45. The molecule has 0 radical (unpaired) electrons. The molecular formula is C23H23F2N5O4. The summed E-state index contributed by atoms with van der Waals surface area (Å²) >= 11 is 0. The molecule has 2 N–H and O–H groups in total. The number of fused-ring (bicyclic) bond motifs is 1. The lowest BCUT2D eigenvalue weighted by Gasteiger charge is -2.22. The lowest BCUT2D eigenvalue weighted by Crippen LogP contribution is -2.44. The van der Waals surface area contributed by atoms with Gasteiger partial charge in [0.2, 0.25) is 0 Å². The summed E-state index contributed by atoms with van der Waals surface area (Å²) in [6.07, 6.45) is 0.867. The summed E-state index contributed by atoms with van der Waals surface area (Å²) in [6, 6.07) is 5.36. The number of nitrogens with one attached hydrogen (secondary N) is 1. The molecule has 0 saturated carbocycles. The number of hydrogen-bond acceptors (Lipinski definition) is 6. The molecule has 0 atom stereocenters. The maximum absolute atomic E-state index is 14.0. The van der Waals surface area contributed by atoms with Gasteiger partial charge in [0.1, 0.15) is 23.9 Å². The number of halogens is 2. The molecule has 0 unspecified atom stereocenters. The van der Waals surface area contributed by atoms with Crippen molar-refractivity contribution in [2.75, 3.05) is 0 Å². The molecule has 0 aliphatic carbocycles. The highest BCUT2D eigenvalue weighted by molar-refractivity contribution is 5.66. The van der Waals surface area contributed by atoms with E-state index in [4.69, 9.17) is 14.4 Å². The summed E-state index contributed by atoms with van der Waals surface area (Å²) in [4.78, 5) is 20.0. The van der Waals surface area contributed by atoms with E-state index in [0.717, 1.165) is 5.56 Å². The molecule has 1 amide bonds. The van der Waals surface area contributed by atoms with Crippen LogP contribution >= 0.6 is 0 Å². The largest absolute Gasteiger partial charge is 0.485 e. The SMILES string of the molecule is Cc1cc(OCc2c(F)cccc2F)c2nc(C)c(-c3nc(CC(C)(C)NC(=O)O)no3)n2c1. The van der Waals surface area contributed by atoms with Crippen molar-refractivity contribution in [3.05, 3.63) is 64.7 Å². The Morgan fingerprint density at radius 3 is 2.62 bits per heavy atom. The summed E-state index contributed by atoms with van der Waals surface area (Å²) < 4.78 is 41.0. The number of pyridine rings is 1. The first-order valence-corrected chi connectivity index (χ1v) is 10.4. The topological polar surface area (TPSA) is 115 Å². The van der Waals surface area contributed by atoms with E-state index in [2.05, 4.69) is 20.4 Å². The molecule has 0 aliphatic heterocycles. The van der Waals surface area contributed by atoms with E-state index < -0.39 is 23.3 Å². The van der Waals surface area contributed by atoms with E-state index in [0.29, 0.717) is 28.6 Å². The highest BCUT2D eigenvalue weighted by atomic mass is 19.1. The van der Waals surface area contributed by atoms with E-state index in [1.54, 1.807) is 37.4 Å². The van der Waals surface area contributed by atoms with Gasteiger partial charge in [-0.25, -0.2) is 18.6 Å². The summed E-state index contributed by atoms with van der Waals surface area (Å²) in [5.41, 5.74) is 1.35. The Bertz CT molecular complexity index is 1360. The molecule has 1 aromatic carbocycles. The zero-order chi connectivity index (χ0) is 24.6. The fraction of sp³-hybridized carbons (Fsp3) is 0.304. The molecule has 0 aliphatic rings. The Morgan fingerprint density at radius 1 is 1.24 bits per heavy atom. The molecule has 11 heteroatoms. The highest BCUT2D eigenvalue weighted by Crippen LogP contribution is 2.30. The lowest BCUT2D eigenvalue weighted by molar-refractivity contribution is 0.181. The number of aryl methyl sites for hydroxylation is 2. The average molecular weight is 471 g/mol. The third-order valence-electron chi connectivity index (χ3n) is 5.15. The fourth-order valence-electron chi connectivity index (χ4n) is 3.69. The van der Waals surface area contributed by atoms with Crippen molar-refractivity contribution < 1.29 is 27.9 Å². The normalized spacial score (nSPS) is 11.7. The van der Waals surface area contributed by atoms with Crippen LogP contribution in [0.5, 0.6) is 5.75 Å². The van der Waals surface area contributed by atoms with E-state index in [1.807, 2.05) is 6.92 Å². The van der Waals surface area contributed by atoms with Gasteiger partial charge in [-0.15, -0.1) is 0 Å². The first-order chi connectivity index (χ1) is 16.0. The first-order valence-electron chi connectivity index (χ1n) is 10.4. The zero-order valence-corrected chi connectivity index (χ0v) is 19.0. The van der Waals surface area contributed by atoms with Gasteiger partial charge >= 0.3 is 6.09 Å². The number of ether oxygens (including phenoxy) is 1. The summed E-state index contributed by atoms with van der Waals surface area (Å²) in [6.45, 7) is 6.71. The predicted molar refractivity (Wildman–Crippen MR) is 118 cm³/mol. The van der Waals surface area contributed by atoms with Crippen LogP contribution < -0.4 is 10.1 Å². The van der Waals surface area contributed by atoms with Crippen LogP contribution in [0.25, 0.3) is 17.2 Å². The molecule has 0 spiro atoms. The maximum Gasteiger partial charge on any atom is 0.405 e. The highest BCUT2D eigenvalue weighted by Gasteiger charge is 2.26. The number of amides is 1. The van der Waals surface area contributed by atoms with Crippen LogP contribution in [-0.2, 0) is 13.0 Å². The number of imidazole rings is 1. The summed E-state index contributed by atoms with van der Waals surface area (Å²) in [7, 11) is 0. The molecule has 0 fully saturated rings. The monoisotopic (exact) mass is 471 g/mol. The van der Waals surface area contributed by atoms with Crippen molar-refractivity contribution in [1.82, 2.24) is 24.8 Å². The maximum atomic E-state index is 14.0. The molecular weight excluding hydrogens is 448 g/mol. The van der Waals surface area contributed by atoms with Gasteiger partial charge in [-0.05, 0) is 51.5 Å². The van der Waals surface area contributed by atoms with Crippen molar-refractivity contribution in [2.45, 2.75) is 46.3 Å². The average Bonchev–Trinajstić information content (AvgIpc) is 3.29. The summed E-state index contributed by atoms with van der Waals surface area (Å²) in [5, 5.41) is 15.4. The second kappa shape index (κ2) is 8.73. The quantitative estimate of drug-likeness (QED) is 0.409. The van der Waals surface area contributed by atoms with E-state index in [9.17, 15) is 13.6 Å². The van der Waals surface area contributed by atoms with Crippen LogP contribution in [0.3, 0.4) is 0 Å². The van der Waals surface area contributed by atoms with Gasteiger partial charge in [0.15, 0.2) is 17.2 Å². The number of carboxylic acid groups (broad SMARTS) is 1. The Labute approximate surface area is 193 Å². The zero-order valence-electron chi connectivity index (χ0n) is 19.0. The van der Waals surface area contributed by atoms with Crippen molar-refractivity contribution in [2.24, 2.45) is 0 Å². The minimum atomic E-state index is -1.15. The molecule has 178 valence electrons. The van der Waals surface area contributed by atoms with Crippen LogP contribution in [0.1, 0.15) is 36.5 Å². The Kier molecular flexibility index (Phi) is 5.94. The Morgan fingerprint density at radius 2 is 1.94 bits per heavy atom.